The molecule has 1 unspecified atom stereocenters. The maximum atomic E-state index is 13.8. The van der Waals surface area contributed by atoms with Crippen LogP contribution in [0.1, 0.15) is 47.0 Å². The standard InChI is InChI=1S/C29H29N5O4S/c35-34(36)27-14-1-2-15-28(27)39(37,38)33(21-25-12-3-4-16-30-25)20-23-9-5-8-22(18-23)19-32-26-13-6-10-24-11-7-17-31-29(24)26/h1-5,7-9,11-12,14-18,26,32H,6,10,13,19-21H2. The number of nitro groups is 1. The van der Waals surface area contributed by atoms with Crippen LogP contribution < -0.4 is 5.32 Å². The lowest BCUT2D eigenvalue weighted by molar-refractivity contribution is -0.387. The van der Waals surface area contributed by atoms with Crippen molar-refractivity contribution >= 4 is 15.7 Å². The number of nitro benzene ring substituents is 1. The predicted octanol–water partition coefficient (Wildman–Crippen LogP) is 4.94. The molecule has 0 saturated heterocycles. The lowest BCUT2D eigenvalue weighted by atomic mass is 9.92. The van der Waals surface area contributed by atoms with Crippen LogP contribution in [0.15, 0.2) is 96.2 Å². The van der Waals surface area contributed by atoms with Gasteiger partial charge in [0.1, 0.15) is 0 Å². The van der Waals surface area contributed by atoms with Crippen molar-refractivity contribution in [2.45, 2.75) is 49.8 Å². The molecule has 0 radical (unpaired) electrons. The minimum absolute atomic E-state index is 0.0256. The molecule has 5 rings (SSSR count). The first-order valence-corrected chi connectivity index (χ1v) is 14.2. The summed E-state index contributed by atoms with van der Waals surface area (Å²) in [7, 11) is -4.22. The number of nitrogens with one attached hydrogen (secondary N) is 1. The number of pyridine rings is 2. The fourth-order valence-corrected chi connectivity index (χ4v) is 6.51. The number of nitrogens with zero attached hydrogens (tertiary/aromatic N) is 4. The topological polar surface area (TPSA) is 118 Å². The first-order valence-electron chi connectivity index (χ1n) is 12.8. The second-order valence-corrected chi connectivity index (χ2v) is 11.4. The molecule has 0 bridgehead atoms. The van der Waals surface area contributed by atoms with E-state index in [-0.39, 0.29) is 24.0 Å². The van der Waals surface area contributed by atoms with Crippen LogP contribution in [0.25, 0.3) is 0 Å². The number of fused-ring (bicyclic) bond motifs is 1. The highest BCUT2D eigenvalue weighted by atomic mass is 32.2. The molecule has 0 spiro atoms. The van der Waals surface area contributed by atoms with Gasteiger partial charge in [0, 0.05) is 31.5 Å². The third kappa shape index (κ3) is 6.19. The van der Waals surface area contributed by atoms with E-state index >= 15 is 0 Å². The Balaban J connectivity index is 1.39. The summed E-state index contributed by atoms with van der Waals surface area (Å²) in [6, 6.07) is 22.7. The van der Waals surface area contributed by atoms with E-state index in [4.69, 9.17) is 0 Å². The van der Waals surface area contributed by atoms with Crippen LogP contribution in [0.4, 0.5) is 5.69 Å². The predicted molar refractivity (Wildman–Crippen MR) is 147 cm³/mol. The van der Waals surface area contributed by atoms with E-state index in [9.17, 15) is 18.5 Å². The van der Waals surface area contributed by atoms with Gasteiger partial charge in [-0.15, -0.1) is 0 Å². The van der Waals surface area contributed by atoms with Gasteiger partial charge in [-0.05, 0) is 60.2 Å². The molecule has 0 fully saturated rings. The van der Waals surface area contributed by atoms with Gasteiger partial charge in [0.05, 0.1) is 28.9 Å². The molecule has 2 aromatic heterocycles. The van der Waals surface area contributed by atoms with Crippen molar-refractivity contribution in [2.24, 2.45) is 0 Å². The molecule has 0 saturated carbocycles. The van der Waals surface area contributed by atoms with Gasteiger partial charge < -0.3 is 5.32 Å². The summed E-state index contributed by atoms with van der Waals surface area (Å²) in [6.07, 6.45) is 6.57. The summed E-state index contributed by atoms with van der Waals surface area (Å²) < 4.78 is 28.8. The third-order valence-corrected chi connectivity index (χ3v) is 8.68. The van der Waals surface area contributed by atoms with Crippen molar-refractivity contribution in [3.63, 3.8) is 0 Å². The molecule has 2 aromatic carbocycles. The maximum absolute atomic E-state index is 13.8. The van der Waals surface area contributed by atoms with Gasteiger partial charge in [-0.25, -0.2) is 8.42 Å². The van der Waals surface area contributed by atoms with Crippen LogP contribution in [-0.4, -0.2) is 27.6 Å². The third-order valence-electron chi connectivity index (χ3n) is 6.84. The van der Waals surface area contributed by atoms with E-state index in [1.165, 1.54) is 34.1 Å². The fourth-order valence-electron chi connectivity index (χ4n) is 4.95. The zero-order valence-corrected chi connectivity index (χ0v) is 22.1. The van der Waals surface area contributed by atoms with Crippen LogP contribution in [0.5, 0.6) is 0 Å². The number of benzene rings is 2. The Kier molecular flexibility index (Phi) is 8.06. The largest absolute Gasteiger partial charge is 0.305 e. The van der Waals surface area contributed by atoms with Gasteiger partial charge in [0.15, 0.2) is 4.90 Å². The van der Waals surface area contributed by atoms with Crippen LogP contribution >= 0.6 is 0 Å². The van der Waals surface area contributed by atoms with E-state index in [1.807, 2.05) is 36.5 Å². The Bertz CT molecular complexity index is 1560. The fraction of sp³-hybridized carbons (Fsp3) is 0.241. The number of rotatable bonds is 10. The normalized spacial score (nSPS) is 15.2. The van der Waals surface area contributed by atoms with Gasteiger partial charge in [0.2, 0.25) is 0 Å². The van der Waals surface area contributed by atoms with Crippen molar-refractivity contribution in [1.29, 1.82) is 0 Å². The number of hydrogen-bond acceptors (Lipinski definition) is 7. The molecule has 1 atom stereocenters. The smallest absolute Gasteiger partial charge is 0.289 e. The minimum atomic E-state index is -4.22. The van der Waals surface area contributed by atoms with Crippen molar-refractivity contribution < 1.29 is 13.3 Å². The Morgan fingerprint density at radius 2 is 1.72 bits per heavy atom. The summed E-state index contributed by atoms with van der Waals surface area (Å²) in [5.41, 5.74) is 4.24. The zero-order chi connectivity index (χ0) is 27.2. The molecular weight excluding hydrogens is 514 g/mol. The number of para-hydroxylation sites is 1. The molecule has 1 aliphatic carbocycles. The summed E-state index contributed by atoms with van der Waals surface area (Å²) in [5, 5.41) is 15.2. The second kappa shape index (κ2) is 11.8. The molecule has 10 heteroatoms. The number of hydrogen-bond donors (Lipinski definition) is 1. The highest BCUT2D eigenvalue weighted by Crippen LogP contribution is 2.30. The van der Waals surface area contributed by atoms with Gasteiger partial charge >= 0.3 is 0 Å². The SMILES string of the molecule is O=[N+]([O-])c1ccccc1S(=O)(=O)N(Cc1cccc(CNC2CCCc3cccnc32)c1)Cc1ccccn1. The molecular formula is C29H29N5O4S. The highest BCUT2D eigenvalue weighted by molar-refractivity contribution is 7.89. The van der Waals surface area contributed by atoms with Crippen LogP contribution in [0, 0.1) is 10.1 Å². The molecule has 1 aliphatic rings. The van der Waals surface area contributed by atoms with Gasteiger partial charge in [-0.2, -0.15) is 4.31 Å². The van der Waals surface area contributed by atoms with E-state index in [0.29, 0.717) is 12.2 Å². The Hall–Kier alpha value is -3.99. The van der Waals surface area contributed by atoms with Gasteiger partial charge in [0.25, 0.3) is 15.7 Å². The van der Waals surface area contributed by atoms with Crippen molar-refractivity contribution in [3.05, 3.63) is 129 Å². The van der Waals surface area contributed by atoms with Crippen LogP contribution in [0.3, 0.4) is 0 Å². The Morgan fingerprint density at radius 1 is 0.923 bits per heavy atom. The number of sulfonamides is 1. The lowest BCUT2D eigenvalue weighted by Crippen LogP contribution is -2.31. The summed E-state index contributed by atoms with van der Waals surface area (Å²) in [4.78, 5) is 19.5. The van der Waals surface area contributed by atoms with Crippen LogP contribution in [-0.2, 0) is 36.1 Å². The molecule has 0 amide bonds. The molecule has 39 heavy (non-hydrogen) atoms. The first kappa shape index (κ1) is 26.6. The number of aryl methyl sites for hydroxylation is 1. The summed E-state index contributed by atoms with van der Waals surface area (Å²) >= 11 is 0. The average Bonchev–Trinajstić information content (AvgIpc) is 2.96. The zero-order valence-electron chi connectivity index (χ0n) is 21.3. The Labute approximate surface area is 227 Å². The van der Waals surface area contributed by atoms with Crippen molar-refractivity contribution in [2.75, 3.05) is 0 Å². The molecule has 0 aliphatic heterocycles. The number of aromatic nitrogens is 2. The minimum Gasteiger partial charge on any atom is -0.305 e. The van der Waals surface area contributed by atoms with E-state index in [2.05, 4.69) is 21.4 Å². The van der Waals surface area contributed by atoms with Gasteiger partial charge in [-0.1, -0.05) is 48.5 Å². The Morgan fingerprint density at radius 3 is 2.54 bits per heavy atom. The summed E-state index contributed by atoms with van der Waals surface area (Å²) in [6.45, 7) is 0.612. The maximum Gasteiger partial charge on any atom is 0.289 e. The average molecular weight is 544 g/mol. The van der Waals surface area contributed by atoms with E-state index in [1.54, 1.807) is 24.4 Å². The first-order chi connectivity index (χ1) is 18.9. The molecule has 1 N–H and O–H groups in total. The van der Waals surface area contributed by atoms with E-state index in [0.717, 1.165) is 36.1 Å². The van der Waals surface area contributed by atoms with Crippen LogP contribution in [0.2, 0.25) is 0 Å². The quantitative estimate of drug-likeness (QED) is 0.222. The molecule has 200 valence electrons. The van der Waals surface area contributed by atoms with Crippen molar-refractivity contribution in [1.82, 2.24) is 19.6 Å². The van der Waals surface area contributed by atoms with E-state index < -0.39 is 20.6 Å². The lowest BCUT2D eigenvalue weighted by Gasteiger charge is -2.25. The molecule has 4 aromatic rings. The molecule has 9 nitrogen and oxygen atoms in total. The molecule has 2 heterocycles. The second-order valence-electron chi connectivity index (χ2n) is 9.51. The summed E-state index contributed by atoms with van der Waals surface area (Å²) in [5.74, 6) is 0. The monoisotopic (exact) mass is 543 g/mol. The van der Waals surface area contributed by atoms with Crippen molar-refractivity contribution in [3.8, 4) is 0 Å². The highest BCUT2D eigenvalue weighted by Gasteiger charge is 2.32. The van der Waals surface area contributed by atoms with Gasteiger partial charge in [-0.3, -0.25) is 20.1 Å².